The molecule has 1 unspecified atom stereocenters. The topological polar surface area (TPSA) is 63.6 Å². The second kappa shape index (κ2) is 6.84. The third-order valence-corrected chi connectivity index (χ3v) is 5.88. The zero-order valence-electron chi connectivity index (χ0n) is 16.1. The Morgan fingerprint density at radius 3 is 2.90 bits per heavy atom. The van der Waals surface area contributed by atoms with E-state index in [0.29, 0.717) is 17.9 Å². The fourth-order valence-electron chi connectivity index (χ4n) is 3.94. The number of carbonyl (C=O) groups excluding carboxylic acids is 1. The fourth-order valence-corrected chi connectivity index (χ4v) is 4.24. The maximum absolute atomic E-state index is 13.2. The van der Waals surface area contributed by atoms with Crippen molar-refractivity contribution in [1.82, 2.24) is 19.5 Å². The van der Waals surface area contributed by atoms with Crippen LogP contribution in [0.2, 0.25) is 0 Å². The van der Waals surface area contributed by atoms with Gasteiger partial charge in [-0.2, -0.15) is 5.10 Å². The summed E-state index contributed by atoms with van der Waals surface area (Å²) in [6, 6.07) is 12.0. The summed E-state index contributed by atoms with van der Waals surface area (Å²) < 4.78 is 8.21. The highest BCUT2D eigenvalue weighted by Crippen LogP contribution is 2.34. The third kappa shape index (κ3) is 3.15. The van der Waals surface area contributed by atoms with Crippen LogP contribution in [0.25, 0.3) is 17.0 Å². The summed E-state index contributed by atoms with van der Waals surface area (Å²) in [6.45, 7) is 4.67. The predicted octanol–water partition coefficient (Wildman–Crippen LogP) is 4.82. The van der Waals surface area contributed by atoms with Gasteiger partial charge in [-0.15, -0.1) is 0 Å². The molecule has 3 aromatic heterocycles. The molecule has 0 saturated heterocycles. The van der Waals surface area contributed by atoms with Crippen LogP contribution < -0.4 is 0 Å². The Hall–Kier alpha value is -2.93. The van der Waals surface area contributed by atoms with Gasteiger partial charge in [0.1, 0.15) is 11.5 Å². The fraction of sp³-hybridized carbons (Fsp3) is 0.227. The van der Waals surface area contributed by atoms with Crippen LogP contribution in [0.3, 0.4) is 0 Å². The van der Waals surface area contributed by atoms with Crippen molar-refractivity contribution in [2.75, 3.05) is 6.54 Å². The quantitative estimate of drug-likeness (QED) is 0.439. The number of aromatic nitrogens is 3. The molecule has 5 rings (SSSR count). The lowest BCUT2D eigenvalue weighted by atomic mass is 9.91. The van der Waals surface area contributed by atoms with Gasteiger partial charge in [-0.1, -0.05) is 12.1 Å². The number of benzene rings is 1. The van der Waals surface area contributed by atoms with E-state index in [1.165, 1.54) is 5.56 Å². The molecule has 1 atom stereocenters. The number of furan rings is 1. The van der Waals surface area contributed by atoms with Crippen molar-refractivity contribution in [3.8, 4) is 11.3 Å². The molecule has 0 saturated carbocycles. The number of hydrogen-bond donors (Lipinski definition) is 0. The molecule has 29 heavy (non-hydrogen) atoms. The van der Waals surface area contributed by atoms with Crippen LogP contribution >= 0.6 is 15.9 Å². The van der Waals surface area contributed by atoms with Crippen molar-refractivity contribution in [3.63, 3.8) is 0 Å². The van der Waals surface area contributed by atoms with Crippen LogP contribution in [0.5, 0.6) is 0 Å². The lowest BCUT2D eigenvalue weighted by molar-refractivity contribution is 0.0671. The van der Waals surface area contributed by atoms with Gasteiger partial charge >= 0.3 is 0 Å². The average molecular weight is 451 g/mol. The van der Waals surface area contributed by atoms with E-state index >= 15 is 0 Å². The number of nitrogens with zero attached hydrogens (tertiary/aromatic N) is 4. The van der Waals surface area contributed by atoms with Crippen molar-refractivity contribution >= 4 is 27.5 Å². The Labute approximate surface area is 176 Å². The monoisotopic (exact) mass is 450 g/mol. The molecule has 0 spiro atoms. The Morgan fingerprint density at radius 2 is 2.10 bits per heavy atom. The van der Waals surface area contributed by atoms with E-state index in [1.807, 2.05) is 24.0 Å². The van der Waals surface area contributed by atoms with E-state index in [4.69, 9.17) is 4.42 Å². The number of carbonyl (C=O) groups is 1. The van der Waals surface area contributed by atoms with Gasteiger partial charge in [-0.05, 0) is 65.5 Å². The summed E-state index contributed by atoms with van der Waals surface area (Å²) >= 11 is 3.38. The highest BCUT2D eigenvalue weighted by Gasteiger charge is 2.30. The first-order valence-electron chi connectivity index (χ1n) is 9.51. The molecule has 0 N–H and O–H groups in total. The first-order valence-corrected chi connectivity index (χ1v) is 10.3. The van der Waals surface area contributed by atoms with E-state index < -0.39 is 0 Å². The highest BCUT2D eigenvalue weighted by atomic mass is 79.9. The first kappa shape index (κ1) is 18.1. The summed E-state index contributed by atoms with van der Waals surface area (Å²) in [4.78, 5) is 19.4. The number of amides is 1. The van der Waals surface area contributed by atoms with Crippen LogP contribution in [0.1, 0.15) is 40.3 Å². The maximum Gasteiger partial charge on any atom is 0.274 e. The van der Waals surface area contributed by atoms with Crippen LogP contribution in [-0.2, 0) is 6.42 Å². The van der Waals surface area contributed by atoms with Gasteiger partial charge in [0.25, 0.3) is 5.91 Å². The Morgan fingerprint density at radius 1 is 1.24 bits per heavy atom. The van der Waals surface area contributed by atoms with Gasteiger partial charge in [0.2, 0.25) is 0 Å². The minimum absolute atomic E-state index is 0.0493. The second-order valence-electron chi connectivity index (χ2n) is 7.35. The van der Waals surface area contributed by atoms with Gasteiger partial charge in [0.15, 0.2) is 11.3 Å². The molecule has 6 nitrogen and oxygen atoms in total. The Bertz CT molecular complexity index is 1240. The molecular weight excluding hydrogens is 432 g/mol. The highest BCUT2D eigenvalue weighted by molar-refractivity contribution is 9.10. The van der Waals surface area contributed by atoms with Crippen molar-refractivity contribution in [2.24, 2.45) is 0 Å². The standard InChI is InChI=1S/C22H19BrN4O2/c1-13-3-6-20(29-13)16-5-4-15-7-8-26(14(2)18(15)9-16)22(28)19-10-21-24-11-17(23)12-27(21)25-19/h3-6,9-12,14H,7-8H2,1-2H3. The lowest BCUT2D eigenvalue weighted by Crippen LogP contribution is -2.39. The predicted molar refractivity (Wildman–Crippen MR) is 113 cm³/mol. The third-order valence-electron chi connectivity index (χ3n) is 5.47. The molecule has 0 fully saturated rings. The van der Waals surface area contributed by atoms with Crippen LogP contribution in [0, 0.1) is 6.92 Å². The molecule has 146 valence electrons. The summed E-state index contributed by atoms with van der Waals surface area (Å²) in [6.07, 6.45) is 4.31. The van der Waals surface area contributed by atoms with Crippen molar-refractivity contribution in [1.29, 1.82) is 0 Å². The molecule has 4 aromatic rings. The zero-order valence-corrected chi connectivity index (χ0v) is 17.7. The van der Waals surface area contributed by atoms with E-state index in [2.05, 4.69) is 51.1 Å². The molecule has 7 heteroatoms. The van der Waals surface area contributed by atoms with Gasteiger partial charge in [0, 0.05) is 30.6 Å². The summed E-state index contributed by atoms with van der Waals surface area (Å²) in [5.74, 6) is 1.65. The van der Waals surface area contributed by atoms with Gasteiger partial charge in [-0.3, -0.25) is 4.79 Å². The molecule has 0 radical (unpaired) electrons. The van der Waals surface area contributed by atoms with Crippen molar-refractivity contribution in [3.05, 3.63) is 75.8 Å². The number of aryl methyl sites for hydroxylation is 1. The number of halogens is 1. The van der Waals surface area contributed by atoms with Crippen molar-refractivity contribution in [2.45, 2.75) is 26.3 Å². The summed E-state index contributed by atoms with van der Waals surface area (Å²) in [5.41, 5.74) is 4.51. The van der Waals surface area contributed by atoms with Gasteiger partial charge < -0.3 is 9.32 Å². The van der Waals surface area contributed by atoms with Gasteiger partial charge in [0.05, 0.1) is 10.5 Å². The van der Waals surface area contributed by atoms with Crippen LogP contribution in [0.15, 0.2) is 57.7 Å². The molecule has 4 heterocycles. The lowest BCUT2D eigenvalue weighted by Gasteiger charge is -2.35. The van der Waals surface area contributed by atoms with Crippen LogP contribution in [-0.4, -0.2) is 31.9 Å². The molecule has 1 aliphatic heterocycles. The van der Waals surface area contributed by atoms with Crippen LogP contribution in [0.4, 0.5) is 0 Å². The SMILES string of the molecule is Cc1ccc(-c2ccc3c(c2)C(C)N(C(=O)c2cc4ncc(Br)cn4n2)CC3)o1. The normalized spacial score (nSPS) is 16.2. The molecular formula is C22H19BrN4O2. The van der Waals surface area contributed by atoms with E-state index in [1.54, 1.807) is 23.0 Å². The molecule has 0 aliphatic carbocycles. The minimum atomic E-state index is -0.0796. The largest absolute Gasteiger partial charge is 0.461 e. The smallest absolute Gasteiger partial charge is 0.274 e. The Kier molecular flexibility index (Phi) is 4.28. The Balaban J connectivity index is 1.48. The average Bonchev–Trinajstić information content (AvgIpc) is 3.33. The molecule has 1 aromatic carbocycles. The summed E-state index contributed by atoms with van der Waals surface area (Å²) in [7, 11) is 0. The molecule has 1 amide bonds. The summed E-state index contributed by atoms with van der Waals surface area (Å²) in [5, 5.41) is 4.42. The number of rotatable bonds is 2. The van der Waals surface area contributed by atoms with E-state index in [-0.39, 0.29) is 11.9 Å². The molecule has 0 bridgehead atoms. The first-order chi connectivity index (χ1) is 14.0. The minimum Gasteiger partial charge on any atom is -0.461 e. The number of fused-ring (bicyclic) bond motifs is 2. The maximum atomic E-state index is 13.2. The second-order valence-corrected chi connectivity index (χ2v) is 8.27. The van der Waals surface area contributed by atoms with Gasteiger partial charge in [-0.25, -0.2) is 9.50 Å². The van der Waals surface area contributed by atoms with Crippen molar-refractivity contribution < 1.29 is 9.21 Å². The molecule has 1 aliphatic rings. The van der Waals surface area contributed by atoms with E-state index in [9.17, 15) is 4.79 Å². The number of hydrogen-bond acceptors (Lipinski definition) is 4. The van der Waals surface area contributed by atoms with E-state index in [0.717, 1.165) is 33.5 Å². The zero-order chi connectivity index (χ0) is 20.1.